The molecule has 1 aliphatic heterocycles. The summed E-state index contributed by atoms with van der Waals surface area (Å²) in [7, 11) is 2.25. The van der Waals surface area contributed by atoms with Gasteiger partial charge in [0.25, 0.3) is 0 Å². The molecule has 0 radical (unpaired) electrons. The predicted octanol–water partition coefficient (Wildman–Crippen LogP) is 2.46. The highest BCUT2D eigenvalue weighted by Gasteiger charge is 2.36. The van der Waals surface area contributed by atoms with Gasteiger partial charge in [-0.15, -0.1) is 0 Å². The first kappa shape index (κ1) is 11.2. The van der Waals surface area contributed by atoms with Crippen LogP contribution in [-0.4, -0.2) is 39.5 Å². The number of fused-ring (bicyclic) bond motifs is 2. The van der Waals surface area contributed by atoms with Crippen LogP contribution in [0.15, 0.2) is 24.7 Å². The Bertz CT molecular complexity index is 642. The number of piperidine rings is 1. The topological polar surface area (TPSA) is 44.8 Å². The summed E-state index contributed by atoms with van der Waals surface area (Å²) in [5.74, 6) is 0.645. The SMILES string of the molecule is CN1CCCC2C(c3ncnc4[nH]ccc34)=CCC21. The molecule has 0 aromatic carbocycles. The van der Waals surface area contributed by atoms with E-state index in [4.69, 9.17) is 0 Å². The molecule has 2 aromatic heterocycles. The molecule has 2 unspecified atom stereocenters. The van der Waals surface area contributed by atoms with Gasteiger partial charge in [0.05, 0.1) is 5.69 Å². The zero-order valence-corrected chi connectivity index (χ0v) is 11.1. The Kier molecular flexibility index (Phi) is 2.45. The lowest BCUT2D eigenvalue weighted by Crippen LogP contribution is -2.40. The monoisotopic (exact) mass is 254 g/mol. The molecular formula is C15H18N4. The number of hydrogen-bond acceptors (Lipinski definition) is 3. The van der Waals surface area contributed by atoms with E-state index in [9.17, 15) is 0 Å². The van der Waals surface area contributed by atoms with Gasteiger partial charge in [-0.25, -0.2) is 9.97 Å². The lowest BCUT2D eigenvalue weighted by molar-refractivity contribution is 0.161. The molecule has 2 aliphatic rings. The Morgan fingerprint density at radius 2 is 2.32 bits per heavy atom. The van der Waals surface area contributed by atoms with Crippen LogP contribution in [0.5, 0.6) is 0 Å². The lowest BCUT2D eigenvalue weighted by Gasteiger charge is -2.36. The van der Waals surface area contributed by atoms with Gasteiger partial charge in [0.1, 0.15) is 12.0 Å². The molecule has 1 aliphatic carbocycles. The molecule has 2 aromatic rings. The van der Waals surface area contributed by atoms with Gasteiger partial charge in [-0.3, -0.25) is 0 Å². The number of likely N-dealkylation sites (tertiary alicyclic amines) is 1. The highest BCUT2D eigenvalue weighted by Crippen LogP contribution is 2.42. The van der Waals surface area contributed by atoms with Crippen molar-refractivity contribution in [1.82, 2.24) is 19.9 Å². The molecule has 4 nitrogen and oxygen atoms in total. The molecule has 0 bridgehead atoms. The van der Waals surface area contributed by atoms with Crippen molar-refractivity contribution in [3.05, 3.63) is 30.4 Å². The largest absolute Gasteiger partial charge is 0.346 e. The van der Waals surface area contributed by atoms with Crippen LogP contribution < -0.4 is 0 Å². The maximum atomic E-state index is 4.56. The number of aromatic amines is 1. The number of nitrogens with zero attached hydrogens (tertiary/aromatic N) is 3. The van der Waals surface area contributed by atoms with Gasteiger partial charge in [-0.2, -0.15) is 0 Å². The Hall–Kier alpha value is -1.68. The van der Waals surface area contributed by atoms with E-state index in [1.807, 2.05) is 6.20 Å². The molecule has 2 atom stereocenters. The highest BCUT2D eigenvalue weighted by molar-refractivity contribution is 5.89. The number of aromatic nitrogens is 3. The molecule has 1 N–H and O–H groups in total. The van der Waals surface area contributed by atoms with E-state index in [0.717, 1.165) is 23.1 Å². The second-order valence-corrected chi connectivity index (χ2v) is 5.65. The number of rotatable bonds is 1. The number of hydrogen-bond donors (Lipinski definition) is 1. The summed E-state index contributed by atoms with van der Waals surface area (Å²) in [5.41, 5.74) is 3.51. The maximum absolute atomic E-state index is 4.56. The van der Waals surface area contributed by atoms with E-state index in [2.05, 4.69) is 39.0 Å². The molecule has 4 heteroatoms. The van der Waals surface area contributed by atoms with Gasteiger partial charge in [-0.1, -0.05) is 6.08 Å². The molecule has 0 saturated carbocycles. The third-order valence-corrected chi connectivity index (χ3v) is 4.66. The maximum Gasteiger partial charge on any atom is 0.141 e. The van der Waals surface area contributed by atoms with Crippen LogP contribution in [0.25, 0.3) is 16.6 Å². The van der Waals surface area contributed by atoms with Gasteiger partial charge >= 0.3 is 0 Å². The zero-order valence-electron chi connectivity index (χ0n) is 11.1. The fourth-order valence-electron chi connectivity index (χ4n) is 3.71. The Balaban J connectivity index is 1.79. The Labute approximate surface area is 112 Å². The molecule has 0 amide bonds. The van der Waals surface area contributed by atoms with Crippen molar-refractivity contribution in [2.45, 2.75) is 25.3 Å². The Morgan fingerprint density at radius 1 is 1.37 bits per heavy atom. The van der Waals surface area contributed by atoms with E-state index in [1.165, 1.54) is 25.0 Å². The summed E-state index contributed by atoms with van der Waals surface area (Å²) < 4.78 is 0. The average molecular weight is 254 g/mol. The summed E-state index contributed by atoms with van der Waals surface area (Å²) in [6, 6.07) is 2.76. The van der Waals surface area contributed by atoms with Crippen molar-refractivity contribution in [2.24, 2.45) is 5.92 Å². The molecule has 4 rings (SSSR count). The fourth-order valence-corrected chi connectivity index (χ4v) is 3.71. The standard InChI is InChI=1S/C15H18N4/c1-19-8-2-3-10-11(4-5-13(10)19)14-12-6-7-16-15(12)18-9-17-14/h4,6-7,9-10,13H,2-3,5,8H2,1H3,(H,16,17,18). The molecule has 19 heavy (non-hydrogen) atoms. The van der Waals surface area contributed by atoms with Crippen LogP contribution in [0.1, 0.15) is 25.0 Å². The molecule has 98 valence electrons. The first-order chi connectivity index (χ1) is 9.34. The normalized spacial score (nSPS) is 27.5. The summed E-state index contributed by atoms with van der Waals surface area (Å²) in [4.78, 5) is 14.5. The molecule has 1 saturated heterocycles. The third kappa shape index (κ3) is 1.63. The summed E-state index contributed by atoms with van der Waals surface area (Å²) in [6.45, 7) is 1.23. The van der Waals surface area contributed by atoms with Crippen LogP contribution in [0.3, 0.4) is 0 Å². The van der Waals surface area contributed by atoms with E-state index in [1.54, 1.807) is 6.33 Å². The van der Waals surface area contributed by atoms with Crippen molar-refractivity contribution >= 4 is 16.6 Å². The van der Waals surface area contributed by atoms with Crippen molar-refractivity contribution < 1.29 is 0 Å². The number of nitrogens with one attached hydrogen (secondary N) is 1. The quantitative estimate of drug-likeness (QED) is 0.850. The Morgan fingerprint density at radius 3 is 3.26 bits per heavy atom. The van der Waals surface area contributed by atoms with E-state index < -0.39 is 0 Å². The van der Waals surface area contributed by atoms with Crippen molar-refractivity contribution in [3.63, 3.8) is 0 Å². The van der Waals surface area contributed by atoms with Crippen LogP contribution in [-0.2, 0) is 0 Å². The van der Waals surface area contributed by atoms with E-state index >= 15 is 0 Å². The first-order valence-electron chi connectivity index (χ1n) is 7.03. The van der Waals surface area contributed by atoms with E-state index in [-0.39, 0.29) is 0 Å². The van der Waals surface area contributed by atoms with Crippen LogP contribution in [0.2, 0.25) is 0 Å². The summed E-state index contributed by atoms with van der Waals surface area (Å²) >= 11 is 0. The smallest absolute Gasteiger partial charge is 0.141 e. The van der Waals surface area contributed by atoms with Gasteiger partial charge < -0.3 is 9.88 Å². The van der Waals surface area contributed by atoms with Gasteiger partial charge in [0.2, 0.25) is 0 Å². The van der Waals surface area contributed by atoms with Crippen LogP contribution >= 0.6 is 0 Å². The second kappa shape index (κ2) is 4.17. The third-order valence-electron chi connectivity index (χ3n) is 4.66. The molecular weight excluding hydrogens is 236 g/mol. The minimum absolute atomic E-state index is 0.645. The van der Waals surface area contributed by atoms with Crippen molar-refractivity contribution in [2.75, 3.05) is 13.6 Å². The van der Waals surface area contributed by atoms with E-state index in [0.29, 0.717) is 12.0 Å². The summed E-state index contributed by atoms with van der Waals surface area (Å²) in [5, 5.41) is 1.16. The van der Waals surface area contributed by atoms with Crippen molar-refractivity contribution in [3.8, 4) is 0 Å². The average Bonchev–Trinajstić information content (AvgIpc) is 3.05. The minimum Gasteiger partial charge on any atom is -0.346 e. The number of H-pyrrole nitrogens is 1. The van der Waals surface area contributed by atoms with Crippen LogP contribution in [0.4, 0.5) is 0 Å². The summed E-state index contributed by atoms with van der Waals surface area (Å²) in [6.07, 6.45) is 9.75. The molecule has 3 heterocycles. The predicted molar refractivity (Wildman–Crippen MR) is 75.6 cm³/mol. The minimum atomic E-state index is 0.645. The van der Waals surface area contributed by atoms with Gasteiger partial charge in [0, 0.05) is 23.5 Å². The zero-order chi connectivity index (χ0) is 12.8. The molecule has 1 fully saturated rings. The van der Waals surface area contributed by atoms with Crippen LogP contribution in [0, 0.1) is 5.92 Å². The lowest BCUT2D eigenvalue weighted by atomic mass is 9.86. The second-order valence-electron chi connectivity index (χ2n) is 5.65. The van der Waals surface area contributed by atoms with Gasteiger partial charge in [-0.05, 0) is 44.5 Å². The van der Waals surface area contributed by atoms with Gasteiger partial charge in [0.15, 0.2) is 0 Å². The highest BCUT2D eigenvalue weighted by atomic mass is 15.1. The van der Waals surface area contributed by atoms with Crippen molar-refractivity contribution in [1.29, 1.82) is 0 Å². The fraction of sp³-hybridized carbons (Fsp3) is 0.467. The molecule has 0 spiro atoms. The first-order valence-corrected chi connectivity index (χ1v) is 7.03.